The highest BCUT2D eigenvalue weighted by Crippen LogP contribution is 2.44. The Balaban J connectivity index is 1.02. The van der Waals surface area contributed by atoms with E-state index in [-0.39, 0.29) is 68.1 Å². The minimum Gasteiger partial charge on any atom is -0.508 e. The van der Waals surface area contributed by atoms with Crippen molar-refractivity contribution in [2.75, 3.05) is 25.5 Å². The second-order valence-electron chi connectivity index (χ2n) is 15.1. The third-order valence-electron chi connectivity index (χ3n) is 10.7. The number of fused-ring (bicyclic) bond motifs is 4. The third kappa shape index (κ3) is 8.18. The average Bonchev–Trinajstić information content (AvgIpc) is 3.27. The number of hydrogen-bond donors (Lipinski definition) is 6. The van der Waals surface area contributed by atoms with E-state index in [1.54, 1.807) is 18.2 Å². The van der Waals surface area contributed by atoms with Crippen molar-refractivity contribution in [1.29, 1.82) is 0 Å². The van der Waals surface area contributed by atoms with Crippen LogP contribution in [0.25, 0.3) is 45.6 Å². The van der Waals surface area contributed by atoms with Gasteiger partial charge in [-0.1, -0.05) is 36.8 Å². The molecule has 2 amide bonds. The number of nitrogens with zero attached hydrogens (tertiary/aromatic N) is 1. The zero-order chi connectivity index (χ0) is 46.3. The molecule has 0 atom stereocenters. The Hall–Kier alpha value is -9.16. The number of carbonyl (C=O) groups is 5. The van der Waals surface area contributed by atoms with Crippen molar-refractivity contribution >= 4 is 58.5 Å². The third-order valence-corrected chi connectivity index (χ3v) is 10.7. The molecular formula is C50H35N3O12. The number of rotatable bonds is 10. The summed E-state index contributed by atoms with van der Waals surface area (Å²) in [6, 6.07) is 25.6. The van der Waals surface area contributed by atoms with Crippen LogP contribution in [0.1, 0.15) is 58.1 Å². The van der Waals surface area contributed by atoms with Gasteiger partial charge < -0.3 is 45.1 Å². The van der Waals surface area contributed by atoms with Gasteiger partial charge in [0.05, 0.1) is 35.3 Å². The summed E-state index contributed by atoms with van der Waals surface area (Å²) in [4.78, 5) is 78.2. The molecule has 1 aliphatic carbocycles. The van der Waals surface area contributed by atoms with Gasteiger partial charge in [-0.25, -0.2) is 14.4 Å². The van der Waals surface area contributed by atoms with Crippen molar-refractivity contribution < 1.29 is 53.6 Å². The normalized spacial score (nSPS) is 11.4. The van der Waals surface area contributed by atoms with Gasteiger partial charge >= 0.3 is 17.9 Å². The summed E-state index contributed by atoms with van der Waals surface area (Å²) >= 11 is 0. The van der Waals surface area contributed by atoms with E-state index < -0.39 is 41.7 Å². The topological polar surface area (TPSA) is 233 Å². The van der Waals surface area contributed by atoms with Gasteiger partial charge in [-0.2, -0.15) is 0 Å². The molecule has 0 saturated heterocycles. The first kappa shape index (κ1) is 42.5. The summed E-state index contributed by atoms with van der Waals surface area (Å²) in [7, 11) is 3.78. The molecule has 0 fully saturated rings. The first-order chi connectivity index (χ1) is 31.1. The van der Waals surface area contributed by atoms with Gasteiger partial charge in [0, 0.05) is 70.3 Å². The fraction of sp³-hybridized carbons (Fsp3) is 0.0800. The maximum absolute atomic E-state index is 13.3. The number of carboxylic acids is 3. The van der Waals surface area contributed by atoms with E-state index in [1.165, 1.54) is 54.6 Å². The van der Waals surface area contributed by atoms with Gasteiger partial charge in [-0.3, -0.25) is 14.4 Å². The van der Waals surface area contributed by atoms with Crippen LogP contribution in [-0.4, -0.2) is 70.8 Å². The Morgan fingerprint density at radius 2 is 1.40 bits per heavy atom. The molecule has 2 aliphatic heterocycles. The van der Waals surface area contributed by atoms with Gasteiger partial charge in [0.15, 0.2) is 5.43 Å². The lowest BCUT2D eigenvalue weighted by atomic mass is 9.88. The quantitative estimate of drug-likeness (QED) is 0.0763. The fourth-order valence-corrected chi connectivity index (χ4v) is 7.65. The molecule has 6 N–H and O–H groups in total. The van der Waals surface area contributed by atoms with Gasteiger partial charge in [0.2, 0.25) is 0 Å². The van der Waals surface area contributed by atoms with Crippen LogP contribution in [0.3, 0.4) is 0 Å². The summed E-state index contributed by atoms with van der Waals surface area (Å²) in [6.07, 6.45) is 0. The summed E-state index contributed by atoms with van der Waals surface area (Å²) in [5.41, 5.74) is 1.89. The summed E-state index contributed by atoms with van der Waals surface area (Å²) in [5, 5.41) is 47.1. The summed E-state index contributed by atoms with van der Waals surface area (Å²) < 4.78 is 12.3. The summed E-state index contributed by atoms with van der Waals surface area (Å²) in [6.45, 7) is 3.29. The first-order valence-corrected chi connectivity index (χ1v) is 19.7. The molecule has 5 aromatic carbocycles. The van der Waals surface area contributed by atoms with Crippen LogP contribution < -0.4 is 36.1 Å². The number of phenols is 1. The zero-order valence-corrected chi connectivity index (χ0v) is 34.4. The molecule has 0 saturated carbocycles. The van der Waals surface area contributed by atoms with E-state index in [4.69, 9.17) is 9.15 Å². The number of phenolic OH excluding ortho intramolecular Hbond substituents is 1. The second-order valence-corrected chi connectivity index (χ2v) is 15.1. The molecule has 2 heterocycles. The van der Waals surface area contributed by atoms with Crippen molar-refractivity contribution in [2.45, 2.75) is 6.54 Å². The molecule has 65 heavy (non-hydrogen) atoms. The Morgan fingerprint density at radius 1 is 0.708 bits per heavy atom. The van der Waals surface area contributed by atoms with Crippen LogP contribution in [0, 0.1) is 11.8 Å². The van der Waals surface area contributed by atoms with Crippen LogP contribution in [0.2, 0.25) is 0 Å². The molecule has 8 rings (SSSR count). The molecule has 0 bridgehead atoms. The maximum Gasteiger partial charge on any atom is 0.336 e. The molecular weight excluding hydrogens is 835 g/mol. The van der Waals surface area contributed by atoms with Crippen LogP contribution >= 0.6 is 0 Å². The first-order valence-electron chi connectivity index (χ1n) is 19.7. The van der Waals surface area contributed by atoms with E-state index in [1.807, 2.05) is 43.3 Å². The monoisotopic (exact) mass is 869 g/mol. The van der Waals surface area contributed by atoms with E-state index in [9.17, 15) is 49.2 Å². The van der Waals surface area contributed by atoms with Crippen molar-refractivity contribution in [3.8, 4) is 51.5 Å². The van der Waals surface area contributed by atoms with Crippen LogP contribution in [0.5, 0.6) is 17.2 Å². The van der Waals surface area contributed by atoms with E-state index >= 15 is 0 Å². The molecule has 0 unspecified atom stereocenters. The number of carboxylic acid groups (broad SMARTS) is 3. The predicted octanol–water partition coefficient (Wildman–Crippen LogP) is 5.24. The standard InChI is InChI=1S/C50H35N3O12/c1-25-6-11-32-40(19-25)64-41-22-28(53(2)3)9-14-33(41)44(32)30-12-7-26(20-36(30)49(60)61)47(57)51-18-4-5-43(56)52-24-38-39(55)17-16-35-45(34-15-10-29(54)23-42(34)65-46(35)38)31-13-8-27(48(58)59)21-37(31)50(62)63/h6-17,19-23,54H,1,18,24H2,2-3H3,(H,51,57)(H,52,56)(H,58,59)(H,60,61)(H,62,63). The molecule has 5 aromatic rings. The number of aromatic hydroxyl groups is 1. The number of amides is 2. The maximum atomic E-state index is 13.3. The van der Waals surface area contributed by atoms with Crippen molar-refractivity contribution in [3.05, 3.63) is 163 Å². The van der Waals surface area contributed by atoms with Crippen molar-refractivity contribution in [2.24, 2.45) is 0 Å². The van der Waals surface area contributed by atoms with Crippen LogP contribution in [-0.2, 0) is 11.3 Å². The molecule has 322 valence electrons. The predicted molar refractivity (Wildman–Crippen MR) is 239 cm³/mol. The van der Waals surface area contributed by atoms with Crippen molar-refractivity contribution in [3.63, 3.8) is 0 Å². The lowest BCUT2D eigenvalue weighted by Gasteiger charge is -2.24. The van der Waals surface area contributed by atoms with Gasteiger partial charge in [-0.05, 0) is 89.0 Å². The Morgan fingerprint density at radius 3 is 2.14 bits per heavy atom. The van der Waals surface area contributed by atoms with Gasteiger partial charge in [0.1, 0.15) is 28.6 Å². The molecule has 15 heteroatoms. The minimum absolute atomic E-state index is 0.0257. The highest BCUT2D eigenvalue weighted by Gasteiger charge is 2.27. The minimum atomic E-state index is -1.41. The van der Waals surface area contributed by atoms with Crippen LogP contribution in [0.4, 0.5) is 5.69 Å². The second kappa shape index (κ2) is 17.0. The van der Waals surface area contributed by atoms with E-state index in [0.29, 0.717) is 44.0 Å². The number of nitrogens with one attached hydrogen (secondary N) is 2. The summed E-state index contributed by atoms with van der Waals surface area (Å²) in [5.74, 6) is 0.164. The smallest absolute Gasteiger partial charge is 0.336 e. The van der Waals surface area contributed by atoms with Crippen molar-refractivity contribution in [1.82, 2.24) is 10.6 Å². The average molecular weight is 870 g/mol. The number of hydrogen-bond acceptors (Lipinski definition) is 10. The Kier molecular flexibility index (Phi) is 11.1. The molecule has 0 radical (unpaired) electrons. The number of carbonyl (C=O) groups excluding carboxylic acids is 2. The Labute approximate surface area is 368 Å². The van der Waals surface area contributed by atoms with Gasteiger partial charge in [0.25, 0.3) is 11.8 Å². The lowest BCUT2D eigenvalue weighted by Crippen LogP contribution is -2.26. The highest BCUT2D eigenvalue weighted by atomic mass is 16.5. The number of anilines is 1. The zero-order valence-electron chi connectivity index (χ0n) is 34.4. The number of benzene rings is 6. The van der Waals surface area contributed by atoms with Gasteiger partial charge in [-0.15, -0.1) is 0 Å². The Bertz CT molecular complexity index is 3430. The number of ether oxygens (including phenoxy) is 1. The van der Waals surface area contributed by atoms with E-state index in [2.05, 4.69) is 29.1 Å². The van der Waals surface area contributed by atoms with E-state index in [0.717, 1.165) is 11.8 Å². The number of aromatic carboxylic acids is 3. The molecule has 0 spiro atoms. The molecule has 0 aromatic heterocycles. The largest absolute Gasteiger partial charge is 0.508 e. The SMILES string of the molecule is C=c1ccc2c(c1)Oc1cc(N(C)C)ccc1C=2c1ccc(C(=O)NCC#CC(=O)NCc2c3oc4cc(O)ccc4c(-c4ccc(C(=O)O)cc4C(=O)O)c-3ccc2=O)cc1C(=O)O. The lowest BCUT2D eigenvalue weighted by molar-refractivity contribution is -0.115. The fourth-order valence-electron chi connectivity index (χ4n) is 7.65. The molecule has 3 aliphatic rings. The highest BCUT2D eigenvalue weighted by molar-refractivity contribution is 6.09. The molecule has 15 nitrogen and oxygen atoms in total. The van der Waals surface area contributed by atoms with Crippen LogP contribution in [0.15, 0.2) is 112 Å².